The first-order chi connectivity index (χ1) is 11.3. The third-order valence-electron chi connectivity index (χ3n) is 5.42. The molecule has 1 aromatic heterocycles. The molecule has 2 aliphatic rings. The van der Waals surface area contributed by atoms with Gasteiger partial charge in [0, 0.05) is 24.7 Å². The lowest BCUT2D eigenvalue weighted by molar-refractivity contribution is -0.145. The van der Waals surface area contributed by atoms with Crippen LogP contribution in [-0.2, 0) is 4.79 Å². The fourth-order valence-corrected chi connectivity index (χ4v) is 4.57. The Hall–Kier alpha value is -1.69. The number of carboxylic acids is 1. The fraction of sp³-hybridized carbons (Fsp3) is 0.611. The van der Waals surface area contributed by atoms with Gasteiger partial charge in [-0.3, -0.25) is 14.6 Å². The molecule has 0 amide bonds. The predicted octanol–water partition coefficient (Wildman–Crippen LogP) is 3.69. The SMILES string of the molecule is CNc1cc2c(s1)C(=O)CC(C(C)C1(C(=O)O)CC1)N=C2C(C)C. The number of carboxylic acid groups (broad SMARTS) is 1. The molecule has 1 aliphatic heterocycles. The largest absolute Gasteiger partial charge is 0.481 e. The van der Waals surface area contributed by atoms with Crippen molar-refractivity contribution in [2.45, 2.75) is 46.1 Å². The van der Waals surface area contributed by atoms with Crippen molar-refractivity contribution < 1.29 is 14.7 Å². The van der Waals surface area contributed by atoms with Crippen LogP contribution in [0.3, 0.4) is 0 Å². The molecule has 6 heteroatoms. The molecular formula is C18H24N2O3S. The Balaban J connectivity index is 2.02. The summed E-state index contributed by atoms with van der Waals surface area (Å²) in [5.74, 6) is -0.622. The first-order valence-corrected chi connectivity index (χ1v) is 9.28. The quantitative estimate of drug-likeness (QED) is 0.850. The van der Waals surface area contributed by atoms with Gasteiger partial charge in [-0.1, -0.05) is 20.8 Å². The summed E-state index contributed by atoms with van der Waals surface area (Å²) in [6.45, 7) is 6.08. The minimum absolute atomic E-state index is 0.0777. The van der Waals surface area contributed by atoms with E-state index in [1.165, 1.54) is 11.3 Å². The van der Waals surface area contributed by atoms with Crippen LogP contribution >= 0.6 is 11.3 Å². The average molecular weight is 348 g/mol. The number of nitrogens with zero attached hydrogens (tertiary/aromatic N) is 1. The molecule has 5 nitrogen and oxygen atoms in total. The van der Waals surface area contributed by atoms with Gasteiger partial charge in [-0.15, -0.1) is 11.3 Å². The maximum Gasteiger partial charge on any atom is 0.309 e. The summed E-state index contributed by atoms with van der Waals surface area (Å²) in [6.07, 6.45) is 1.67. The number of anilines is 1. The summed E-state index contributed by atoms with van der Waals surface area (Å²) in [6, 6.07) is 1.74. The molecule has 2 unspecified atom stereocenters. The molecule has 1 saturated carbocycles. The highest BCUT2D eigenvalue weighted by Crippen LogP contribution is 2.54. The van der Waals surface area contributed by atoms with Gasteiger partial charge in [-0.25, -0.2) is 0 Å². The molecule has 2 heterocycles. The van der Waals surface area contributed by atoms with E-state index >= 15 is 0 Å². The van der Waals surface area contributed by atoms with Crippen LogP contribution in [0, 0.1) is 17.3 Å². The third-order valence-corrected chi connectivity index (χ3v) is 6.61. The van der Waals surface area contributed by atoms with E-state index in [4.69, 9.17) is 4.99 Å². The average Bonchev–Trinajstić information content (AvgIpc) is 3.26. The van der Waals surface area contributed by atoms with E-state index in [9.17, 15) is 14.7 Å². The normalized spacial score (nSPS) is 23.3. The van der Waals surface area contributed by atoms with Crippen LogP contribution in [0.2, 0.25) is 0 Å². The van der Waals surface area contributed by atoms with Crippen molar-refractivity contribution in [1.82, 2.24) is 0 Å². The van der Waals surface area contributed by atoms with Crippen molar-refractivity contribution in [3.05, 3.63) is 16.5 Å². The lowest BCUT2D eigenvalue weighted by Gasteiger charge is -2.25. The fourth-order valence-electron chi connectivity index (χ4n) is 3.60. The molecule has 2 N–H and O–H groups in total. The van der Waals surface area contributed by atoms with Crippen molar-refractivity contribution in [1.29, 1.82) is 0 Å². The Morgan fingerprint density at radius 3 is 2.58 bits per heavy atom. The molecule has 0 bridgehead atoms. The predicted molar refractivity (Wildman–Crippen MR) is 96.4 cm³/mol. The van der Waals surface area contributed by atoms with Gasteiger partial charge in [0.05, 0.1) is 21.3 Å². The molecule has 0 radical (unpaired) electrons. The molecule has 1 aromatic rings. The van der Waals surface area contributed by atoms with Gasteiger partial charge in [-0.2, -0.15) is 0 Å². The standard InChI is InChI=1S/C18H24N2O3S/c1-9(2)15-11-7-14(19-4)24-16(11)13(21)8-12(20-15)10(3)18(5-6-18)17(22)23/h7,9-10,12,19H,5-6,8H2,1-4H3,(H,22,23). The van der Waals surface area contributed by atoms with E-state index in [-0.39, 0.29) is 23.7 Å². The Kier molecular flexibility index (Phi) is 4.28. The summed E-state index contributed by atoms with van der Waals surface area (Å²) >= 11 is 1.46. The van der Waals surface area contributed by atoms with E-state index in [0.717, 1.165) is 21.2 Å². The number of nitrogens with one attached hydrogen (secondary N) is 1. The highest BCUT2D eigenvalue weighted by Gasteiger charge is 2.56. The first kappa shape index (κ1) is 17.1. The number of aliphatic carboxylic acids is 1. The Labute approximate surface area is 146 Å². The van der Waals surface area contributed by atoms with Gasteiger partial charge < -0.3 is 10.4 Å². The minimum Gasteiger partial charge on any atom is -0.481 e. The molecule has 3 rings (SSSR count). The number of Topliss-reactive ketones (excluding diaryl/α,β-unsaturated/α-hetero) is 1. The smallest absolute Gasteiger partial charge is 0.309 e. The second kappa shape index (κ2) is 5.99. The van der Waals surface area contributed by atoms with Gasteiger partial charge in [-0.05, 0) is 30.7 Å². The van der Waals surface area contributed by atoms with Crippen molar-refractivity contribution in [3.63, 3.8) is 0 Å². The number of ketones is 1. The molecule has 0 spiro atoms. The van der Waals surface area contributed by atoms with E-state index in [1.807, 2.05) is 20.0 Å². The topological polar surface area (TPSA) is 78.8 Å². The zero-order valence-corrected chi connectivity index (χ0v) is 15.4. The summed E-state index contributed by atoms with van der Waals surface area (Å²) in [5.41, 5.74) is 1.15. The maximum absolute atomic E-state index is 12.8. The zero-order valence-electron chi connectivity index (χ0n) is 14.5. The molecule has 130 valence electrons. The number of carbonyl (C=O) groups is 2. The van der Waals surface area contributed by atoms with Crippen LogP contribution in [0.25, 0.3) is 0 Å². The monoisotopic (exact) mass is 348 g/mol. The van der Waals surface area contributed by atoms with Crippen molar-refractivity contribution in [2.75, 3.05) is 12.4 Å². The first-order valence-electron chi connectivity index (χ1n) is 8.46. The molecule has 0 saturated heterocycles. The molecule has 24 heavy (non-hydrogen) atoms. The van der Waals surface area contributed by atoms with Crippen molar-refractivity contribution >= 4 is 33.8 Å². The number of aliphatic imine (C=N–C) groups is 1. The van der Waals surface area contributed by atoms with Gasteiger partial charge in [0.2, 0.25) is 0 Å². The summed E-state index contributed by atoms with van der Waals surface area (Å²) in [5, 5.41) is 13.6. The summed E-state index contributed by atoms with van der Waals surface area (Å²) < 4.78 is 0. The second-order valence-electron chi connectivity index (χ2n) is 7.22. The Morgan fingerprint density at radius 1 is 1.42 bits per heavy atom. The van der Waals surface area contributed by atoms with Gasteiger partial charge in [0.15, 0.2) is 5.78 Å². The molecule has 2 atom stereocenters. The van der Waals surface area contributed by atoms with E-state index in [2.05, 4.69) is 19.2 Å². The summed E-state index contributed by atoms with van der Waals surface area (Å²) in [4.78, 5) is 30.1. The molecule has 0 aromatic carbocycles. The Morgan fingerprint density at radius 2 is 2.08 bits per heavy atom. The van der Waals surface area contributed by atoms with E-state index < -0.39 is 11.4 Å². The highest BCUT2D eigenvalue weighted by molar-refractivity contribution is 7.18. The van der Waals surface area contributed by atoms with Crippen LogP contribution in [0.5, 0.6) is 0 Å². The van der Waals surface area contributed by atoms with Crippen LogP contribution < -0.4 is 5.32 Å². The van der Waals surface area contributed by atoms with Crippen molar-refractivity contribution in [2.24, 2.45) is 22.2 Å². The lowest BCUT2D eigenvalue weighted by atomic mass is 9.82. The number of carbonyl (C=O) groups excluding carboxylic acids is 1. The van der Waals surface area contributed by atoms with E-state index in [1.54, 1.807) is 0 Å². The van der Waals surface area contributed by atoms with Crippen LogP contribution in [0.15, 0.2) is 11.1 Å². The summed E-state index contributed by atoms with van der Waals surface area (Å²) in [7, 11) is 1.84. The molecule has 1 aliphatic carbocycles. The zero-order chi connectivity index (χ0) is 17.6. The second-order valence-corrected chi connectivity index (χ2v) is 8.27. The minimum atomic E-state index is -0.750. The maximum atomic E-state index is 12.8. The highest BCUT2D eigenvalue weighted by atomic mass is 32.1. The number of thiophene rings is 1. The lowest BCUT2D eigenvalue weighted by Crippen LogP contribution is -2.33. The van der Waals surface area contributed by atoms with E-state index in [0.29, 0.717) is 19.3 Å². The van der Waals surface area contributed by atoms with Crippen molar-refractivity contribution in [3.8, 4) is 0 Å². The third kappa shape index (κ3) is 2.66. The number of hydrogen-bond donors (Lipinski definition) is 2. The number of hydrogen-bond acceptors (Lipinski definition) is 5. The van der Waals surface area contributed by atoms with Gasteiger partial charge >= 0.3 is 5.97 Å². The molecule has 1 fully saturated rings. The number of rotatable bonds is 5. The van der Waals surface area contributed by atoms with Crippen LogP contribution in [0.1, 0.15) is 55.3 Å². The van der Waals surface area contributed by atoms with Crippen LogP contribution in [-0.4, -0.2) is 35.7 Å². The van der Waals surface area contributed by atoms with Gasteiger partial charge in [0.25, 0.3) is 0 Å². The van der Waals surface area contributed by atoms with Crippen LogP contribution in [0.4, 0.5) is 5.00 Å². The Bertz CT molecular complexity index is 716. The number of fused-ring (bicyclic) bond motifs is 1. The molecular weight excluding hydrogens is 324 g/mol. The van der Waals surface area contributed by atoms with Gasteiger partial charge in [0.1, 0.15) is 0 Å².